The van der Waals surface area contributed by atoms with Gasteiger partial charge in [-0.3, -0.25) is 19.5 Å². The van der Waals surface area contributed by atoms with Crippen LogP contribution in [0, 0.1) is 10.1 Å². The molecule has 0 bridgehead atoms. The molecule has 0 spiro atoms. The van der Waals surface area contributed by atoms with E-state index in [1.165, 1.54) is 23.9 Å². The molecule has 0 saturated heterocycles. The van der Waals surface area contributed by atoms with Crippen LogP contribution < -0.4 is 5.56 Å². The number of benzene rings is 2. The fraction of sp³-hybridized carbons (Fsp3) is 0.100. The van der Waals surface area contributed by atoms with Crippen LogP contribution in [0.15, 0.2) is 71.1 Å². The van der Waals surface area contributed by atoms with Crippen LogP contribution in [-0.4, -0.2) is 19.5 Å². The lowest BCUT2D eigenvalue weighted by Gasteiger charge is -2.10. The van der Waals surface area contributed by atoms with Gasteiger partial charge >= 0.3 is 0 Å². The van der Waals surface area contributed by atoms with Gasteiger partial charge in [0.2, 0.25) is 0 Å². The lowest BCUT2D eigenvalue weighted by atomic mass is 10.2. The molecule has 0 aliphatic carbocycles. The number of allylic oxidation sites excluding steroid dienone is 1. The van der Waals surface area contributed by atoms with Crippen molar-refractivity contribution < 1.29 is 4.92 Å². The predicted octanol–water partition coefficient (Wildman–Crippen LogP) is 4.26. The molecule has 4 aromatic rings. The summed E-state index contributed by atoms with van der Waals surface area (Å²) in [5.74, 6) is 0.537. The van der Waals surface area contributed by atoms with Crippen molar-refractivity contribution in [3.05, 3.63) is 87.2 Å². The van der Waals surface area contributed by atoms with E-state index < -0.39 is 4.92 Å². The number of nitro groups is 1. The van der Waals surface area contributed by atoms with Crippen LogP contribution in [0.25, 0.3) is 21.9 Å². The fourth-order valence-corrected chi connectivity index (χ4v) is 4.00. The van der Waals surface area contributed by atoms with E-state index in [1.54, 1.807) is 22.8 Å². The molecule has 8 heteroatoms. The van der Waals surface area contributed by atoms with E-state index in [0.717, 1.165) is 16.5 Å². The number of thioether (sulfide) groups is 1. The van der Waals surface area contributed by atoms with Gasteiger partial charge in [0.05, 0.1) is 4.92 Å². The summed E-state index contributed by atoms with van der Waals surface area (Å²) in [4.78, 5) is 31.3. The van der Waals surface area contributed by atoms with Crippen LogP contribution in [-0.2, 0) is 12.3 Å². The number of rotatable bonds is 6. The van der Waals surface area contributed by atoms with Crippen molar-refractivity contribution in [2.45, 2.75) is 17.5 Å². The molecule has 0 atom stereocenters. The van der Waals surface area contributed by atoms with Gasteiger partial charge in [-0.2, -0.15) is 0 Å². The van der Waals surface area contributed by atoms with Crippen molar-refractivity contribution in [3.8, 4) is 0 Å². The molecule has 0 radical (unpaired) electrons. The van der Waals surface area contributed by atoms with Crippen LogP contribution in [0.1, 0.15) is 5.56 Å². The molecule has 2 aromatic heterocycles. The molecule has 2 heterocycles. The highest BCUT2D eigenvalue weighted by molar-refractivity contribution is 7.98. The first-order valence-electron chi connectivity index (χ1n) is 8.57. The number of fused-ring (bicyclic) bond motifs is 3. The normalized spacial score (nSPS) is 11.1. The molecule has 140 valence electrons. The minimum Gasteiger partial charge on any atom is -0.349 e. The van der Waals surface area contributed by atoms with Gasteiger partial charge in [-0.1, -0.05) is 48.2 Å². The van der Waals surface area contributed by atoms with E-state index in [2.05, 4.69) is 11.6 Å². The number of para-hydroxylation sites is 1. The SMILES string of the molecule is C=CCn1c(SCc2ccc([N+](=O)[O-])cc2)nc2c([nH]c3ccccc32)c1=O. The fourth-order valence-electron chi connectivity index (χ4n) is 3.04. The van der Waals surface area contributed by atoms with Crippen molar-refractivity contribution in [1.82, 2.24) is 14.5 Å². The second-order valence-corrected chi connectivity index (χ2v) is 7.15. The molecular weight excluding hydrogens is 376 g/mol. The predicted molar refractivity (Wildman–Crippen MR) is 111 cm³/mol. The van der Waals surface area contributed by atoms with Gasteiger partial charge in [-0.25, -0.2) is 4.98 Å². The zero-order valence-corrected chi connectivity index (χ0v) is 15.6. The molecule has 0 aliphatic heterocycles. The lowest BCUT2D eigenvalue weighted by molar-refractivity contribution is -0.384. The molecule has 0 aliphatic rings. The monoisotopic (exact) mass is 392 g/mol. The Morgan fingerprint density at radius 3 is 2.68 bits per heavy atom. The van der Waals surface area contributed by atoms with E-state index in [4.69, 9.17) is 4.98 Å². The number of hydrogen-bond donors (Lipinski definition) is 1. The lowest BCUT2D eigenvalue weighted by Crippen LogP contribution is -2.22. The topological polar surface area (TPSA) is 93.8 Å². The molecule has 0 unspecified atom stereocenters. The van der Waals surface area contributed by atoms with Gasteiger partial charge in [0.15, 0.2) is 5.16 Å². The number of nitrogens with one attached hydrogen (secondary N) is 1. The molecule has 0 fully saturated rings. The van der Waals surface area contributed by atoms with Gasteiger partial charge in [0.1, 0.15) is 11.0 Å². The van der Waals surface area contributed by atoms with E-state index in [0.29, 0.717) is 28.5 Å². The molecule has 4 rings (SSSR count). The number of H-pyrrole nitrogens is 1. The van der Waals surface area contributed by atoms with Crippen LogP contribution in [0.5, 0.6) is 0 Å². The molecule has 0 amide bonds. The molecule has 2 aromatic carbocycles. The minimum absolute atomic E-state index is 0.0515. The van der Waals surface area contributed by atoms with Crippen LogP contribution in [0.2, 0.25) is 0 Å². The van der Waals surface area contributed by atoms with E-state index in [9.17, 15) is 14.9 Å². The zero-order chi connectivity index (χ0) is 19.7. The van der Waals surface area contributed by atoms with Gasteiger partial charge in [-0.15, -0.1) is 6.58 Å². The van der Waals surface area contributed by atoms with E-state index >= 15 is 0 Å². The van der Waals surface area contributed by atoms with Crippen molar-refractivity contribution in [2.75, 3.05) is 0 Å². The maximum absolute atomic E-state index is 13.0. The first-order chi connectivity index (χ1) is 13.6. The third-order valence-electron chi connectivity index (χ3n) is 4.40. The molecule has 7 nitrogen and oxygen atoms in total. The molecule has 0 saturated carbocycles. The summed E-state index contributed by atoms with van der Waals surface area (Å²) in [5.41, 5.74) is 2.80. The first kappa shape index (κ1) is 18.0. The van der Waals surface area contributed by atoms with Gasteiger partial charge in [0, 0.05) is 35.3 Å². The maximum Gasteiger partial charge on any atom is 0.278 e. The van der Waals surface area contributed by atoms with Crippen molar-refractivity contribution in [3.63, 3.8) is 0 Å². The largest absolute Gasteiger partial charge is 0.349 e. The van der Waals surface area contributed by atoms with Gasteiger partial charge < -0.3 is 4.98 Å². The summed E-state index contributed by atoms with van der Waals surface area (Å²) in [6, 6.07) is 14.0. The highest BCUT2D eigenvalue weighted by Gasteiger charge is 2.15. The maximum atomic E-state index is 13.0. The summed E-state index contributed by atoms with van der Waals surface area (Å²) in [7, 11) is 0. The highest BCUT2D eigenvalue weighted by Crippen LogP contribution is 2.27. The Balaban J connectivity index is 1.75. The van der Waals surface area contributed by atoms with Crippen molar-refractivity contribution >= 4 is 39.4 Å². The summed E-state index contributed by atoms with van der Waals surface area (Å²) < 4.78 is 1.58. The number of aromatic amines is 1. The quantitative estimate of drug-likeness (QED) is 0.174. The Labute approximate surface area is 163 Å². The summed E-state index contributed by atoms with van der Waals surface area (Å²) in [6.45, 7) is 4.08. The van der Waals surface area contributed by atoms with Crippen LogP contribution >= 0.6 is 11.8 Å². The summed E-state index contributed by atoms with van der Waals surface area (Å²) in [5, 5.41) is 12.3. The second-order valence-electron chi connectivity index (χ2n) is 6.21. The average Bonchev–Trinajstić information content (AvgIpc) is 3.08. The number of hydrogen-bond acceptors (Lipinski definition) is 5. The third-order valence-corrected chi connectivity index (χ3v) is 5.45. The van der Waals surface area contributed by atoms with Crippen molar-refractivity contribution in [2.24, 2.45) is 0 Å². The van der Waals surface area contributed by atoms with Crippen LogP contribution in [0.4, 0.5) is 5.69 Å². The Hall–Kier alpha value is -3.39. The van der Waals surface area contributed by atoms with E-state index in [-0.39, 0.29) is 11.2 Å². The highest BCUT2D eigenvalue weighted by atomic mass is 32.2. The number of nitrogens with zero attached hydrogens (tertiary/aromatic N) is 3. The molecular formula is C20H16N4O3S. The summed E-state index contributed by atoms with van der Waals surface area (Å²) in [6.07, 6.45) is 1.66. The second kappa shape index (κ2) is 7.32. The molecule has 1 N–H and O–H groups in total. The first-order valence-corrected chi connectivity index (χ1v) is 9.55. The average molecular weight is 392 g/mol. The Morgan fingerprint density at radius 2 is 1.96 bits per heavy atom. The Morgan fingerprint density at radius 1 is 1.21 bits per heavy atom. The number of nitro benzene ring substituents is 1. The van der Waals surface area contributed by atoms with E-state index in [1.807, 2.05) is 24.3 Å². The van der Waals surface area contributed by atoms with Crippen molar-refractivity contribution in [1.29, 1.82) is 0 Å². The van der Waals surface area contributed by atoms with Crippen LogP contribution in [0.3, 0.4) is 0 Å². The molecule has 28 heavy (non-hydrogen) atoms. The standard InChI is InChI=1S/C20H16N4O3S/c1-2-11-23-19(25)18-17(15-5-3-4-6-16(15)21-18)22-20(23)28-12-13-7-9-14(10-8-13)24(26)27/h2-10,21H,1,11-12H2. The number of non-ortho nitro benzene ring substituents is 1. The van der Waals surface area contributed by atoms with Gasteiger partial charge in [-0.05, 0) is 11.6 Å². The Bertz CT molecular complexity index is 1260. The zero-order valence-electron chi connectivity index (χ0n) is 14.8. The third kappa shape index (κ3) is 3.18. The number of aromatic nitrogens is 3. The minimum atomic E-state index is -0.425. The smallest absolute Gasteiger partial charge is 0.278 e. The summed E-state index contributed by atoms with van der Waals surface area (Å²) >= 11 is 1.42. The Kier molecular flexibility index (Phi) is 4.70. The van der Waals surface area contributed by atoms with Gasteiger partial charge in [0.25, 0.3) is 11.2 Å².